The van der Waals surface area contributed by atoms with E-state index in [0.29, 0.717) is 0 Å². The quantitative estimate of drug-likeness (QED) is 0.676. The minimum atomic E-state index is 0.745. The third-order valence-corrected chi connectivity index (χ3v) is 3.94. The molecule has 1 unspecified atom stereocenters. The van der Waals surface area contributed by atoms with Gasteiger partial charge in [0.2, 0.25) is 0 Å². The molecular formula is C14H29N3O. The highest BCUT2D eigenvalue weighted by atomic mass is 16.5. The fourth-order valence-electron chi connectivity index (χ4n) is 2.58. The summed E-state index contributed by atoms with van der Waals surface area (Å²) in [6.07, 6.45) is 4.15. The number of rotatable bonds is 7. The van der Waals surface area contributed by atoms with Crippen molar-refractivity contribution in [3.8, 4) is 0 Å². The van der Waals surface area contributed by atoms with Gasteiger partial charge in [0.15, 0.2) is 0 Å². The van der Waals surface area contributed by atoms with Crippen molar-refractivity contribution in [3.05, 3.63) is 0 Å². The molecule has 1 heterocycles. The first-order chi connectivity index (χ1) is 8.75. The van der Waals surface area contributed by atoms with Gasteiger partial charge in [-0.2, -0.15) is 0 Å². The van der Waals surface area contributed by atoms with Crippen molar-refractivity contribution in [2.24, 2.45) is 5.92 Å². The van der Waals surface area contributed by atoms with Crippen molar-refractivity contribution in [2.75, 3.05) is 60.0 Å². The van der Waals surface area contributed by atoms with Crippen LogP contribution in [0.4, 0.5) is 0 Å². The maximum absolute atomic E-state index is 5.70. The van der Waals surface area contributed by atoms with Crippen LogP contribution in [0.5, 0.6) is 0 Å². The van der Waals surface area contributed by atoms with Crippen LogP contribution in [0, 0.1) is 5.92 Å². The summed E-state index contributed by atoms with van der Waals surface area (Å²) < 4.78 is 5.70. The van der Waals surface area contributed by atoms with E-state index < -0.39 is 0 Å². The molecule has 2 fully saturated rings. The largest absolute Gasteiger partial charge is 0.379 e. The predicted molar refractivity (Wildman–Crippen MR) is 74.9 cm³/mol. The molecule has 1 saturated heterocycles. The van der Waals surface area contributed by atoms with Gasteiger partial charge in [-0.15, -0.1) is 0 Å². The normalized spacial score (nSPS) is 26.5. The molecule has 1 aliphatic carbocycles. The first-order valence-electron chi connectivity index (χ1n) is 7.44. The lowest BCUT2D eigenvalue weighted by atomic mass is 10.2. The second kappa shape index (κ2) is 7.43. The Balaban J connectivity index is 1.58. The highest BCUT2D eigenvalue weighted by molar-refractivity contribution is 4.89. The van der Waals surface area contributed by atoms with Gasteiger partial charge in [0.1, 0.15) is 0 Å². The number of nitrogens with zero attached hydrogens (tertiary/aromatic N) is 2. The Morgan fingerprint density at radius 1 is 1.28 bits per heavy atom. The van der Waals surface area contributed by atoms with Gasteiger partial charge in [0, 0.05) is 25.7 Å². The number of nitrogens with one attached hydrogen (secondary N) is 1. The molecular weight excluding hydrogens is 226 g/mol. The van der Waals surface area contributed by atoms with E-state index >= 15 is 0 Å². The molecule has 1 atom stereocenters. The second-order valence-electron chi connectivity index (χ2n) is 5.97. The summed E-state index contributed by atoms with van der Waals surface area (Å²) >= 11 is 0. The van der Waals surface area contributed by atoms with Gasteiger partial charge < -0.3 is 15.0 Å². The summed E-state index contributed by atoms with van der Waals surface area (Å²) in [7, 11) is 4.17. The molecule has 0 aromatic carbocycles. The van der Waals surface area contributed by atoms with Crippen LogP contribution in [-0.2, 0) is 4.74 Å². The molecule has 2 rings (SSSR count). The first-order valence-corrected chi connectivity index (χ1v) is 7.44. The van der Waals surface area contributed by atoms with Crippen molar-refractivity contribution >= 4 is 0 Å². The molecule has 4 nitrogen and oxygen atoms in total. The number of hydrogen-bond acceptors (Lipinski definition) is 4. The Bertz CT molecular complexity index is 231. The molecule has 0 aromatic heterocycles. The van der Waals surface area contributed by atoms with Crippen LogP contribution in [0.3, 0.4) is 0 Å². The highest BCUT2D eigenvalue weighted by Crippen LogP contribution is 2.33. The van der Waals surface area contributed by atoms with Gasteiger partial charge in [-0.1, -0.05) is 0 Å². The highest BCUT2D eigenvalue weighted by Gasteiger charge is 2.32. The maximum atomic E-state index is 5.70. The standard InChI is InChI=1S/C14H29N3O/c1-16(2)8-10-18-11-9-17-7-3-6-15-14(12-17)13-4-5-13/h13-15H,3-12H2,1-2H3. The van der Waals surface area contributed by atoms with Crippen molar-refractivity contribution in [1.29, 1.82) is 0 Å². The molecule has 0 bridgehead atoms. The zero-order valence-corrected chi connectivity index (χ0v) is 12.0. The van der Waals surface area contributed by atoms with Crippen LogP contribution >= 0.6 is 0 Å². The molecule has 1 saturated carbocycles. The van der Waals surface area contributed by atoms with Crippen LogP contribution in [0.1, 0.15) is 19.3 Å². The van der Waals surface area contributed by atoms with E-state index in [4.69, 9.17) is 4.74 Å². The molecule has 1 N–H and O–H groups in total. The lowest BCUT2D eigenvalue weighted by molar-refractivity contribution is 0.0912. The van der Waals surface area contributed by atoms with Crippen molar-refractivity contribution in [1.82, 2.24) is 15.1 Å². The molecule has 106 valence electrons. The third-order valence-electron chi connectivity index (χ3n) is 3.94. The lowest BCUT2D eigenvalue weighted by Gasteiger charge is -2.24. The van der Waals surface area contributed by atoms with Gasteiger partial charge in [0.25, 0.3) is 0 Å². The summed E-state index contributed by atoms with van der Waals surface area (Å²) in [5, 5.41) is 3.70. The van der Waals surface area contributed by atoms with E-state index in [1.54, 1.807) is 0 Å². The van der Waals surface area contributed by atoms with E-state index in [9.17, 15) is 0 Å². The SMILES string of the molecule is CN(C)CCOCCN1CCCNC(C2CC2)C1. The Labute approximate surface area is 112 Å². The van der Waals surface area contributed by atoms with Crippen LogP contribution in [0.2, 0.25) is 0 Å². The van der Waals surface area contributed by atoms with Gasteiger partial charge in [0.05, 0.1) is 13.2 Å². The fourth-order valence-corrected chi connectivity index (χ4v) is 2.58. The zero-order chi connectivity index (χ0) is 12.8. The van der Waals surface area contributed by atoms with E-state index in [-0.39, 0.29) is 0 Å². The molecule has 0 amide bonds. The number of likely N-dealkylation sites (N-methyl/N-ethyl adjacent to an activating group) is 1. The Morgan fingerprint density at radius 2 is 2.11 bits per heavy atom. The van der Waals surface area contributed by atoms with E-state index in [2.05, 4.69) is 29.2 Å². The monoisotopic (exact) mass is 255 g/mol. The van der Waals surface area contributed by atoms with Crippen LogP contribution in [0.25, 0.3) is 0 Å². The first kappa shape index (κ1) is 14.3. The molecule has 4 heteroatoms. The summed E-state index contributed by atoms with van der Waals surface area (Å²) in [5.41, 5.74) is 0. The minimum Gasteiger partial charge on any atom is -0.379 e. The summed E-state index contributed by atoms with van der Waals surface area (Å²) in [6, 6.07) is 0.745. The number of ether oxygens (including phenoxy) is 1. The summed E-state index contributed by atoms with van der Waals surface area (Å²) in [5.74, 6) is 0.959. The minimum absolute atomic E-state index is 0.745. The Morgan fingerprint density at radius 3 is 2.83 bits per heavy atom. The van der Waals surface area contributed by atoms with E-state index in [1.165, 1.54) is 38.9 Å². The smallest absolute Gasteiger partial charge is 0.0594 e. The topological polar surface area (TPSA) is 27.7 Å². The third kappa shape index (κ3) is 5.22. The Kier molecular flexibility index (Phi) is 5.89. The number of hydrogen-bond donors (Lipinski definition) is 1. The average Bonchev–Trinajstić information content (AvgIpc) is 3.15. The average molecular weight is 255 g/mol. The van der Waals surface area contributed by atoms with Gasteiger partial charge in [-0.3, -0.25) is 4.90 Å². The molecule has 0 aromatic rings. The molecule has 0 spiro atoms. The predicted octanol–water partition coefficient (Wildman–Crippen LogP) is 0.639. The van der Waals surface area contributed by atoms with Crippen molar-refractivity contribution < 1.29 is 4.74 Å². The zero-order valence-electron chi connectivity index (χ0n) is 12.0. The van der Waals surface area contributed by atoms with Gasteiger partial charge in [-0.25, -0.2) is 0 Å². The summed E-state index contributed by atoms with van der Waals surface area (Å²) in [6.45, 7) is 7.50. The molecule has 2 aliphatic rings. The second-order valence-corrected chi connectivity index (χ2v) is 5.97. The fraction of sp³-hybridized carbons (Fsp3) is 1.00. The van der Waals surface area contributed by atoms with Crippen molar-refractivity contribution in [2.45, 2.75) is 25.3 Å². The van der Waals surface area contributed by atoms with Crippen molar-refractivity contribution in [3.63, 3.8) is 0 Å². The summed E-state index contributed by atoms with van der Waals surface area (Å²) in [4.78, 5) is 4.75. The molecule has 0 radical (unpaired) electrons. The van der Waals surface area contributed by atoms with E-state index in [1.807, 2.05) is 0 Å². The van der Waals surface area contributed by atoms with Crippen LogP contribution in [0.15, 0.2) is 0 Å². The maximum Gasteiger partial charge on any atom is 0.0594 e. The van der Waals surface area contributed by atoms with Gasteiger partial charge >= 0.3 is 0 Å². The van der Waals surface area contributed by atoms with E-state index in [0.717, 1.165) is 38.3 Å². The van der Waals surface area contributed by atoms with Crippen LogP contribution < -0.4 is 5.32 Å². The molecule has 18 heavy (non-hydrogen) atoms. The van der Waals surface area contributed by atoms with Gasteiger partial charge in [-0.05, 0) is 52.4 Å². The molecule has 1 aliphatic heterocycles. The lowest BCUT2D eigenvalue weighted by Crippen LogP contribution is -2.40. The Hall–Kier alpha value is -0.160. The van der Waals surface area contributed by atoms with Crippen LogP contribution in [-0.4, -0.2) is 75.9 Å².